The molecule has 0 bridgehead atoms. The molecular weight excluding hydrogens is 316 g/mol. The van der Waals surface area contributed by atoms with E-state index in [0.29, 0.717) is 25.0 Å². The summed E-state index contributed by atoms with van der Waals surface area (Å²) in [6.45, 7) is 3.26. The molecule has 3 rings (SSSR count). The summed E-state index contributed by atoms with van der Waals surface area (Å²) in [5.74, 6) is 2.27. The third-order valence-electron chi connectivity index (χ3n) is 4.69. The highest BCUT2D eigenvalue weighted by Gasteiger charge is 2.30. The lowest BCUT2D eigenvalue weighted by atomic mass is 10.0. The van der Waals surface area contributed by atoms with Gasteiger partial charge in [-0.05, 0) is 39.3 Å². The Morgan fingerprint density at radius 3 is 2.83 bits per heavy atom. The largest absolute Gasteiger partial charge is 0.339 e. The molecule has 2 heterocycles. The third kappa shape index (κ3) is 4.99. The average molecular weight is 342 g/mol. The molecule has 8 heteroatoms. The molecular formula is C15H26N4O3S. The van der Waals surface area contributed by atoms with Crippen molar-refractivity contribution in [3.05, 3.63) is 11.7 Å². The molecule has 0 unspecified atom stereocenters. The summed E-state index contributed by atoms with van der Waals surface area (Å²) in [6.07, 6.45) is 5.84. The Balaban J connectivity index is 1.50. The molecule has 0 amide bonds. The monoisotopic (exact) mass is 342 g/mol. The first kappa shape index (κ1) is 16.9. The highest BCUT2D eigenvalue weighted by molar-refractivity contribution is 7.90. The Labute approximate surface area is 137 Å². The van der Waals surface area contributed by atoms with Gasteiger partial charge in [0.15, 0.2) is 5.82 Å². The van der Waals surface area contributed by atoms with Gasteiger partial charge in [-0.1, -0.05) is 5.16 Å². The minimum atomic E-state index is -2.91. The van der Waals surface area contributed by atoms with Gasteiger partial charge in [-0.15, -0.1) is 0 Å². The Bertz CT molecular complexity index is 626. The molecule has 0 N–H and O–H groups in total. The Morgan fingerprint density at radius 1 is 1.35 bits per heavy atom. The minimum absolute atomic E-state index is 0.218. The minimum Gasteiger partial charge on any atom is -0.339 e. The van der Waals surface area contributed by atoms with E-state index in [2.05, 4.69) is 19.9 Å². The van der Waals surface area contributed by atoms with Crippen molar-refractivity contribution in [2.75, 3.05) is 38.7 Å². The van der Waals surface area contributed by atoms with Crippen molar-refractivity contribution in [3.63, 3.8) is 0 Å². The molecule has 1 aliphatic heterocycles. The molecule has 1 atom stereocenters. The van der Waals surface area contributed by atoms with Crippen molar-refractivity contribution in [3.8, 4) is 0 Å². The lowest BCUT2D eigenvalue weighted by Gasteiger charge is -2.37. The van der Waals surface area contributed by atoms with Crippen LogP contribution in [0.25, 0.3) is 0 Å². The molecule has 2 fully saturated rings. The van der Waals surface area contributed by atoms with Gasteiger partial charge in [0.05, 0.1) is 12.3 Å². The summed E-state index contributed by atoms with van der Waals surface area (Å²) in [7, 11) is -0.894. The van der Waals surface area contributed by atoms with E-state index in [-0.39, 0.29) is 5.75 Å². The second-order valence-electron chi connectivity index (χ2n) is 6.96. The van der Waals surface area contributed by atoms with Crippen LogP contribution in [0.4, 0.5) is 0 Å². The topological polar surface area (TPSA) is 79.5 Å². The molecule has 0 spiro atoms. The van der Waals surface area contributed by atoms with Gasteiger partial charge in [-0.3, -0.25) is 4.90 Å². The SMILES string of the molecule is CN(CCS(C)(=O)=O)[C@H]1CCCN(Cc2noc(C3CC3)n2)C1. The van der Waals surface area contributed by atoms with Crippen molar-refractivity contribution in [2.24, 2.45) is 0 Å². The van der Waals surface area contributed by atoms with E-state index in [1.165, 1.54) is 19.1 Å². The second-order valence-corrected chi connectivity index (χ2v) is 9.22. The average Bonchev–Trinajstić information content (AvgIpc) is 3.25. The summed E-state index contributed by atoms with van der Waals surface area (Å²) in [5, 5.41) is 4.09. The van der Waals surface area contributed by atoms with Gasteiger partial charge in [0, 0.05) is 31.3 Å². The van der Waals surface area contributed by atoms with Crippen LogP contribution in [0.1, 0.15) is 43.3 Å². The zero-order valence-electron chi connectivity index (χ0n) is 13.9. The molecule has 130 valence electrons. The molecule has 1 aliphatic carbocycles. The summed E-state index contributed by atoms with van der Waals surface area (Å²) in [5.41, 5.74) is 0. The maximum absolute atomic E-state index is 11.3. The van der Waals surface area contributed by atoms with Crippen LogP contribution < -0.4 is 0 Å². The Kier molecular flexibility index (Phi) is 5.03. The van der Waals surface area contributed by atoms with Crippen LogP contribution in [0.3, 0.4) is 0 Å². The van der Waals surface area contributed by atoms with Gasteiger partial charge in [-0.2, -0.15) is 4.98 Å². The predicted molar refractivity (Wildman–Crippen MR) is 86.9 cm³/mol. The number of nitrogens with zero attached hydrogens (tertiary/aromatic N) is 4. The second kappa shape index (κ2) is 6.86. The highest BCUT2D eigenvalue weighted by atomic mass is 32.2. The number of sulfone groups is 1. The molecule has 7 nitrogen and oxygen atoms in total. The number of likely N-dealkylation sites (tertiary alicyclic amines) is 1. The van der Waals surface area contributed by atoms with Gasteiger partial charge in [0.2, 0.25) is 5.89 Å². The highest BCUT2D eigenvalue weighted by Crippen LogP contribution is 2.38. The van der Waals surface area contributed by atoms with Crippen LogP contribution in [-0.4, -0.2) is 73.1 Å². The number of aromatic nitrogens is 2. The standard InChI is InChI=1S/C15H26N4O3S/c1-18(8-9-23(2,20)21)13-4-3-7-19(10-13)11-14-16-15(22-17-14)12-5-6-12/h12-13H,3-11H2,1-2H3/t13-/m0/s1. The van der Waals surface area contributed by atoms with E-state index in [1.807, 2.05) is 7.05 Å². The van der Waals surface area contributed by atoms with Gasteiger partial charge in [-0.25, -0.2) is 8.42 Å². The van der Waals surface area contributed by atoms with Crippen LogP contribution in [0, 0.1) is 0 Å². The van der Waals surface area contributed by atoms with E-state index >= 15 is 0 Å². The quantitative estimate of drug-likeness (QED) is 0.728. The molecule has 1 saturated carbocycles. The van der Waals surface area contributed by atoms with Crippen LogP contribution >= 0.6 is 0 Å². The first-order chi connectivity index (χ1) is 10.9. The normalized spacial score (nSPS) is 23.5. The van der Waals surface area contributed by atoms with Crippen molar-refractivity contribution in [1.82, 2.24) is 19.9 Å². The van der Waals surface area contributed by atoms with Crippen LogP contribution in [0.15, 0.2) is 4.52 Å². The summed E-state index contributed by atoms with van der Waals surface area (Å²) >= 11 is 0. The van der Waals surface area contributed by atoms with Crippen LogP contribution in [0.2, 0.25) is 0 Å². The maximum atomic E-state index is 11.3. The molecule has 1 saturated heterocycles. The lowest BCUT2D eigenvalue weighted by molar-refractivity contribution is 0.113. The van der Waals surface area contributed by atoms with E-state index in [1.54, 1.807) is 0 Å². The summed E-state index contributed by atoms with van der Waals surface area (Å²) in [4.78, 5) is 9.00. The summed E-state index contributed by atoms with van der Waals surface area (Å²) in [6, 6.07) is 0.389. The molecule has 0 aromatic carbocycles. The predicted octanol–water partition coefficient (Wildman–Crippen LogP) is 0.888. The fraction of sp³-hybridized carbons (Fsp3) is 0.867. The first-order valence-corrected chi connectivity index (χ1v) is 10.4. The van der Waals surface area contributed by atoms with E-state index in [0.717, 1.165) is 37.6 Å². The number of hydrogen-bond acceptors (Lipinski definition) is 7. The van der Waals surface area contributed by atoms with Gasteiger partial charge in [0.25, 0.3) is 0 Å². The van der Waals surface area contributed by atoms with E-state index < -0.39 is 9.84 Å². The first-order valence-electron chi connectivity index (χ1n) is 8.33. The van der Waals surface area contributed by atoms with E-state index in [4.69, 9.17) is 4.52 Å². The Morgan fingerprint density at radius 2 is 2.13 bits per heavy atom. The zero-order valence-corrected chi connectivity index (χ0v) is 14.8. The third-order valence-corrected chi connectivity index (χ3v) is 5.62. The molecule has 23 heavy (non-hydrogen) atoms. The Hall–Kier alpha value is -0.990. The number of rotatable bonds is 7. The lowest BCUT2D eigenvalue weighted by Crippen LogP contribution is -2.47. The van der Waals surface area contributed by atoms with E-state index in [9.17, 15) is 8.42 Å². The van der Waals surface area contributed by atoms with Crippen molar-refractivity contribution in [1.29, 1.82) is 0 Å². The van der Waals surface area contributed by atoms with Crippen molar-refractivity contribution >= 4 is 9.84 Å². The number of hydrogen-bond donors (Lipinski definition) is 0. The smallest absolute Gasteiger partial charge is 0.229 e. The van der Waals surface area contributed by atoms with Gasteiger partial charge in [0.1, 0.15) is 9.84 Å². The molecule has 1 aromatic rings. The zero-order chi connectivity index (χ0) is 16.4. The summed E-state index contributed by atoms with van der Waals surface area (Å²) < 4.78 is 28.0. The fourth-order valence-electron chi connectivity index (χ4n) is 3.05. The molecule has 1 aromatic heterocycles. The van der Waals surface area contributed by atoms with Gasteiger partial charge < -0.3 is 9.42 Å². The molecule has 2 aliphatic rings. The fourth-order valence-corrected chi connectivity index (χ4v) is 3.67. The molecule has 0 radical (unpaired) electrons. The number of likely N-dealkylation sites (N-methyl/N-ethyl adjacent to an activating group) is 1. The van der Waals surface area contributed by atoms with Crippen molar-refractivity contribution in [2.45, 2.75) is 44.2 Å². The van der Waals surface area contributed by atoms with Crippen LogP contribution in [-0.2, 0) is 16.4 Å². The number of piperidine rings is 1. The van der Waals surface area contributed by atoms with Gasteiger partial charge >= 0.3 is 0 Å². The van der Waals surface area contributed by atoms with Crippen LogP contribution in [0.5, 0.6) is 0 Å². The van der Waals surface area contributed by atoms with Crippen molar-refractivity contribution < 1.29 is 12.9 Å². The maximum Gasteiger partial charge on any atom is 0.229 e.